The van der Waals surface area contributed by atoms with E-state index < -0.39 is 6.10 Å². The summed E-state index contributed by atoms with van der Waals surface area (Å²) in [6.45, 7) is 6.51. The summed E-state index contributed by atoms with van der Waals surface area (Å²) >= 11 is 0. The molecular weight excluding hydrogens is 913 g/mol. The van der Waals surface area contributed by atoms with E-state index >= 15 is 0 Å². The van der Waals surface area contributed by atoms with Crippen LogP contribution in [0.25, 0.3) is 0 Å². The average Bonchev–Trinajstić information content (AvgIpc) is 3.40. The molecule has 6 nitrogen and oxygen atoms in total. The zero-order valence-corrected chi connectivity index (χ0v) is 48.6. The van der Waals surface area contributed by atoms with E-state index in [9.17, 15) is 14.4 Å². The van der Waals surface area contributed by atoms with Crippen LogP contribution in [0.5, 0.6) is 0 Å². The predicted octanol–water partition coefficient (Wildman–Crippen LogP) is 21.3. The molecule has 0 N–H and O–H groups in total. The van der Waals surface area contributed by atoms with Crippen molar-refractivity contribution in [2.24, 2.45) is 0 Å². The molecule has 0 radical (unpaired) electrons. The predicted molar refractivity (Wildman–Crippen MR) is 320 cm³/mol. The minimum absolute atomic E-state index is 0.0796. The molecule has 0 aliphatic rings. The van der Waals surface area contributed by atoms with Gasteiger partial charge in [-0.25, -0.2) is 0 Å². The summed E-state index contributed by atoms with van der Waals surface area (Å²) in [7, 11) is 0. The number of hydrogen-bond acceptors (Lipinski definition) is 6. The third-order valence-electron chi connectivity index (χ3n) is 13.3. The van der Waals surface area contributed by atoms with Gasteiger partial charge in [-0.15, -0.1) is 0 Å². The SMILES string of the molecule is CC/C=C\C/C=C\C/C=C\C/C=C\C/C=C\C/C=C\C/C=C\CCCCCCCCCCCC(=O)OCC(COC(=O)CCCCCCCCCCCC)OC(=O)CCCCCCC/C=C\CCCCCCCC. The van der Waals surface area contributed by atoms with E-state index in [-0.39, 0.29) is 31.1 Å². The van der Waals surface area contributed by atoms with Gasteiger partial charge < -0.3 is 14.2 Å². The van der Waals surface area contributed by atoms with Crippen LogP contribution >= 0.6 is 0 Å². The molecule has 0 aromatic rings. The van der Waals surface area contributed by atoms with Crippen LogP contribution in [-0.2, 0) is 28.6 Å². The standard InChI is InChI=1S/C68H116O6/c1-4-7-10-13-16-19-22-24-26-27-28-29-30-31-32-33-34-35-36-37-38-39-40-41-43-44-46-49-52-55-58-61-67(70)73-64-65(63-72-66(69)60-57-54-51-48-21-18-15-12-9-6-3)74-68(71)62-59-56-53-50-47-45-42-25-23-20-17-14-11-8-5-2/h7,10,16,19,24-26,28-29,31-32,34-35,37-38,42,65H,4-6,8-9,11-15,17-18,20-23,27,30,33,36,39-41,43-64H2,1-3H3/b10-7-,19-16-,26-24-,29-28-,32-31-,35-34-,38-37-,42-25-. The lowest BCUT2D eigenvalue weighted by Gasteiger charge is -2.18. The number of unbranched alkanes of at least 4 members (excludes halogenated alkanes) is 29. The number of allylic oxidation sites excluding steroid dienone is 16. The van der Waals surface area contributed by atoms with E-state index in [4.69, 9.17) is 14.2 Å². The Labute approximate surface area is 457 Å². The minimum atomic E-state index is -0.782. The largest absolute Gasteiger partial charge is 0.462 e. The summed E-state index contributed by atoms with van der Waals surface area (Å²) in [4.78, 5) is 38.1. The second-order valence-electron chi connectivity index (χ2n) is 20.6. The highest BCUT2D eigenvalue weighted by atomic mass is 16.6. The summed E-state index contributed by atoms with van der Waals surface area (Å²) in [5, 5.41) is 0. The number of ether oxygens (including phenoxy) is 3. The van der Waals surface area contributed by atoms with Gasteiger partial charge in [-0.2, -0.15) is 0 Å². The summed E-state index contributed by atoms with van der Waals surface area (Å²) in [6, 6.07) is 0. The topological polar surface area (TPSA) is 78.9 Å². The zero-order valence-electron chi connectivity index (χ0n) is 48.6. The first kappa shape index (κ1) is 70.3. The van der Waals surface area contributed by atoms with E-state index in [1.807, 2.05) is 0 Å². The minimum Gasteiger partial charge on any atom is -0.462 e. The number of esters is 3. The first-order chi connectivity index (χ1) is 36.5. The fourth-order valence-electron chi connectivity index (χ4n) is 8.65. The van der Waals surface area contributed by atoms with Gasteiger partial charge in [0.25, 0.3) is 0 Å². The van der Waals surface area contributed by atoms with Crippen molar-refractivity contribution in [3.8, 4) is 0 Å². The molecule has 0 bridgehead atoms. The molecule has 0 heterocycles. The number of carbonyl (C=O) groups is 3. The van der Waals surface area contributed by atoms with E-state index in [1.165, 1.54) is 135 Å². The Balaban J connectivity index is 4.21. The molecular formula is C68H116O6. The fraction of sp³-hybridized carbons (Fsp3) is 0.721. The van der Waals surface area contributed by atoms with Gasteiger partial charge in [0.05, 0.1) is 0 Å². The Kier molecular flexibility index (Phi) is 58.8. The molecule has 6 heteroatoms. The molecule has 0 aliphatic heterocycles. The van der Waals surface area contributed by atoms with Crippen LogP contribution in [0.15, 0.2) is 97.2 Å². The van der Waals surface area contributed by atoms with E-state index in [0.29, 0.717) is 19.3 Å². The maximum Gasteiger partial charge on any atom is 0.306 e. The Bertz CT molecular complexity index is 1460. The van der Waals surface area contributed by atoms with E-state index in [0.717, 1.165) is 122 Å². The lowest BCUT2D eigenvalue weighted by molar-refractivity contribution is -0.167. The van der Waals surface area contributed by atoms with Crippen molar-refractivity contribution in [1.29, 1.82) is 0 Å². The monoisotopic (exact) mass is 1030 g/mol. The van der Waals surface area contributed by atoms with Crippen LogP contribution < -0.4 is 0 Å². The Morgan fingerprint density at radius 2 is 0.527 bits per heavy atom. The normalized spacial score (nSPS) is 12.7. The third kappa shape index (κ3) is 59.2. The molecule has 1 atom stereocenters. The molecule has 0 aromatic carbocycles. The molecule has 0 saturated heterocycles. The van der Waals surface area contributed by atoms with Crippen LogP contribution in [-0.4, -0.2) is 37.2 Å². The lowest BCUT2D eigenvalue weighted by Crippen LogP contribution is -2.30. The maximum atomic E-state index is 12.8. The van der Waals surface area contributed by atoms with Crippen LogP contribution in [0.2, 0.25) is 0 Å². The van der Waals surface area contributed by atoms with Gasteiger partial charge in [-0.1, -0.05) is 272 Å². The van der Waals surface area contributed by atoms with Crippen molar-refractivity contribution in [3.05, 3.63) is 97.2 Å². The highest BCUT2D eigenvalue weighted by Gasteiger charge is 2.19. The van der Waals surface area contributed by atoms with E-state index in [2.05, 4.69) is 118 Å². The van der Waals surface area contributed by atoms with Gasteiger partial charge in [0.2, 0.25) is 0 Å². The van der Waals surface area contributed by atoms with Crippen LogP contribution in [0.1, 0.15) is 297 Å². The second kappa shape index (κ2) is 61.9. The smallest absolute Gasteiger partial charge is 0.306 e. The molecule has 0 fully saturated rings. The molecule has 0 spiro atoms. The quantitative estimate of drug-likeness (QED) is 0.0261. The molecule has 74 heavy (non-hydrogen) atoms. The van der Waals surface area contributed by atoms with Crippen molar-refractivity contribution in [3.63, 3.8) is 0 Å². The maximum absolute atomic E-state index is 12.8. The third-order valence-corrected chi connectivity index (χ3v) is 13.3. The summed E-state index contributed by atoms with van der Waals surface area (Å²) in [5.41, 5.74) is 0. The fourth-order valence-corrected chi connectivity index (χ4v) is 8.65. The number of hydrogen-bond donors (Lipinski definition) is 0. The van der Waals surface area contributed by atoms with Gasteiger partial charge in [0.1, 0.15) is 13.2 Å². The second-order valence-corrected chi connectivity index (χ2v) is 20.6. The Morgan fingerprint density at radius 1 is 0.284 bits per heavy atom. The zero-order chi connectivity index (χ0) is 53.6. The van der Waals surface area contributed by atoms with Crippen molar-refractivity contribution in [2.75, 3.05) is 13.2 Å². The van der Waals surface area contributed by atoms with Crippen molar-refractivity contribution in [1.82, 2.24) is 0 Å². The molecule has 0 rings (SSSR count). The summed E-state index contributed by atoms with van der Waals surface area (Å²) < 4.78 is 16.9. The van der Waals surface area contributed by atoms with Crippen molar-refractivity contribution >= 4 is 17.9 Å². The first-order valence-corrected chi connectivity index (χ1v) is 31.2. The van der Waals surface area contributed by atoms with Crippen molar-refractivity contribution in [2.45, 2.75) is 303 Å². The van der Waals surface area contributed by atoms with Crippen LogP contribution in [0, 0.1) is 0 Å². The Hall–Kier alpha value is -3.67. The van der Waals surface area contributed by atoms with Crippen molar-refractivity contribution < 1.29 is 28.6 Å². The molecule has 0 amide bonds. The molecule has 0 aromatic heterocycles. The van der Waals surface area contributed by atoms with Gasteiger partial charge in [0.15, 0.2) is 6.10 Å². The van der Waals surface area contributed by atoms with Gasteiger partial charge >= 0.3 is 17.9 Å². The highest BCUT2D eigenvalue weighted by Crippen LogP contribution is 2.15. The molecule has 424 valence electrons. The first-order valence-electron chi connectivity index (χ1n) is 31.2. The van der Waals surface area contributed by atoms with Gasteiger partial charge in [0, 0.05) is 19.3 Å². The van der Waals surface area contributed by atoms with Crippen LogP contribution in [0.4, 0.5) is 0 Å². The van der Waals surface area contributed by atoms with Gasteiger partial charge in [-0.3, -0.25) is 14.4 Å². The average molecular weight is 1030 g/mol. The highest BCUT2D eigenvalue weighted by molar-refractivity contribution is 5.71. The summed E-state index contributed by atoms with van der Waals surface area (Å²) in [5.74, 6) is -0.889. The van der Waals surface area contributed by atoms with Crippen LogP contribution in [0.3, 0.4) is 0 Å². The number of rotatable bonds is 56. The summed E-state index contributed by atoms with van der Waals surface area (Å²) in [6.07, 6.45) is 82.7. The van der Waals surface area contributed by atoms with Gasteiger partial charge in [-0.05, 0) is 103 Å². The molecule has 0 aliphatic carbocycles. The molecule has 0 saturated carbocycles. The number of carbonyl (C=O) groups excluding carboxylic acids is 3. The lowest BCUT2D eigenvalue weighted by atomic mass is 10.1. The molecule has 1 unspecified atom stereocenters. The van der Waals surface area contributed by atoms with E-state index in [1.54, 1.807) is 0 Å². The Morgan fingerprint density at radius 3 is 0.838 bits per heavy atom.